The number of hydrogen-bond acceptors (Lipinski definition) is 7. The monoisotopic (exact) mass is 452 g/mol. The second kappa shape index (κ2) is 9.99. The van der Waals surface area contributed by atoms with Crippen molar-refractivity contribution in [3.63, 3.8) is 0 Å². The van der Waals surface area contributed by atoms with Gasteiger partial charge in [0.15, 0.2) is 17.3 Å². The summed E-state index contributed by atoms with van der Waals surface area (Å²) in [6.45, 7) is 5.35. The van der Waals surface area contributed by atoms with Crippen molar-refractivity contribution >= 4 is 29.1 Å². The summed E-state index contributed by atoms with van der Waals surface area (Å²) in [5, 5.41) is 16.1. The number of carbonyl (C=O) groups excluding carboxylic acids is 2. The molecule has 0 fully saturated rings. The van der Waals surface area contributed by atoms with Gasteiger partial charge in [-0.15, -0.1) is 0 Å². The number of hydrogen-bond donors (Lipinski definition) is 2. The number of carboxylic acid groups (broad SMARTS) is 1. The smallest absolute Gasteiger partial charge is 0.308 e. The first-order valence-corrected chi connectivity index (χ1v) is 10.1. The van der Waals surface area contributed by atoms with Crippen molar-refractivity contribution in [2.75, 3.05) is 19.0 Å². The number of benzene rings is 2. The molecule has 9 nitrogen and oxygen atoms in total. The van der Waals surface area contributed by atoms with Gasteiger partial charge in [0.2, 0.25) is 5.60 Å². The van der Waals surface area contributed by atoms with Crippen LogP contribution in [0, 0.1) is 0 Å². The van der Waals surface area contributed by atoms with E-state index in [1.807, 2.05) is 0 Å². The maximum absolute atomic E-state index is 13.1. The normalized spacial score (nSPS) is 16.8. The van der Waals surface area contributed by atoms with Crippen LogP contribution in [-0.4, -0.2) is 47.8 Å². The second-order valence-corrected chi connectivity index (χ2v) is 7.42. The van der Waals surface area contributed by atoms with Crippen LogP contribution in [0.3, 0.4) is 0 Å². The SMILES string of the molecule is C=CCOc1ccc(C2=NO[C@@](CC(=O)O)(C(=O)Nc3ccc(C(C)=O)cc3)C2)cc1OC. The Kier molecular flexibility index (Phi) is 7.12. The minimum Gasteiger partial charge on any atom is -0.493 e. The highest BCUT2D eigenvalue weighted by Crippen LogP contribution is 2.35. The summed E-state index contributed by atoms with van der Waals surface area (Å²) >= 11 is 0. The molecule has 0 aliphatic carbocycles. The molecule has 2 aromatic rings. The number of ketones is 1. The zero-order chi connectivity index (χ0) is 24.0. The van der Waals surface area contributed by atoms with Gasteiger partial charge in [-0.3, -0.25) is 14.4 Å². The first-order chi connectivity index (χ1) is 15.8. The van der Waals surface area contributed by atoms with Crippen molar-refractivity contribution in [1.29, 1.82) is 0 Å². The molecule has 2 aromatic carbocycles. The summed E-state index contributed by atoms with van der Waals surface area (Å²) in [6.07, 6.45) is 0.955. The van der Waals surface area contributed by atoms with Gasteiger partial charge in [0.25, 0.3) is 5.91 Å². The Hall–Kier alpha value is -4.14. The second-order valence-electron chi connectivity index (χ2n) is 7.42. The maximum atomic E-state index is 13.1. The number of nitrogens with one attached hydrogen (secondary N) is 1. The summed E-state index contributed by atoms with van der Waals surface area (Å²) in [5.41, 5.74) is 0.157. The molecule has 1 aliphatic heterocycles. The Morgan fingerprint density at radius 2 is 1.94 bits per heavy atom. The van der Waals surface area contributed by atoms with Crippen LogP contribution >= 0.6 is 0 Å². The number of rotatable bonds is 10. The lowest BCUT2D eigenvalue weighted by Gasteiger charge is -2.23. The number of amides is 1. The predicted octanol–water partition coefficient (Wildman–Crippen LogP) is 3.44. The number of oxime groups is 1. The van der Waals surface area contributed by atoms with Gasteiger partial charge in [-0.05, 0) is 49.4 Å². The van der Waals surface area contributed by atoms with Crippen molar-refractivity contribution in [3.05, 3.63) is 66.2 Å². The standard InChI is InChI=1S/C24H24N2O7/c1-4-11-32-20-10-7-17(12-21(20)31-3)19-13-24(33-26-19,14-22(28)29)23(30)25-18-8-5-16(6-9-18)15(2)27/h4-10,12H,1,11,13-14H2,2-3H3,(H,25,30)(H,28,29)/t24-/m0/s1. The highest BCUT2D eigenvalue weighted by atomic mass is 16.7. The van der Waals surface area contributed by atoms with Gasteiger partial charge >= 0.3 is 5.97 Å². The largest absolute Gasteiger partial charge is 0.493 e. The van der Waals surface area contributed by atoms with Crippen molar-refractivity contribution in [3.8, 4) is 11.5 Å². The first-order valence-electron chi connectivity index (χ1n) is 10.1. The minimum absolute atomic E-state index is 0.0628. The van der Waals surface area contributed by atoms with Crippen LogP contribution in [0.1, 0.15) is 35.7 Å². The van der Waals surface area contributed by atoms with E-state index in [0.717, 1.165) is 0 Å². The Morgan fingerprint density at radius 1 is 1.21 bits per heavy atom. The molecule has 0 aromatic heterocycles. The number of nitrogens with zero attached hydrogens (tertiary/aromatic N) is 1. The fourth-order valence-corrected chi connectivity index (χ4v) is 3.32. The third-order valence-corrected chi connectivity index (χ3v) is 5.04. The highest BCUT2D eigenvalue weighted by molar-refractivity contribution is 6.09. The Labute approximate surface area is 190 Å². The average Bonchev–Trinajstić information content (AvgIpc) is 3.22. The van der Waals surface area contributed by atoms with Crippen LogP contribution in [0.15, 0.2) is 60.3 Å². The number of Topliss-reactive ketones (excluding diaryl/α,β-unsaturated/α-hetero) is 1. The lowest BCUT2D eigenvalue weighted by Crippen LogP contribution is -2.45. The number of aliphatic carboxylic acids is 1. The van der Waals surface area contributed by atoms with Crippen LogP contribution < -0.4 is 14.8 Å². The fraction of sp³-hybridized carbons (Fsp3) is 0.250. The average molecular weight is 452 g/mol. The number of carboxylic acids is 1. The van der Waals surface area contributed by atoms with E-state index in [1.54, 1.807) is 48.5 Å². The lowest BCUT2D eigenvalue weighted by atomic mass is 9.90. The van der Waals surface area contributed by atoms with Gasteiger partial charge in [0.05, 0.1) is 19.2 Å². The summed E-state index contributed by atoms with van der Waals surface area (Å²) in [7, 11) is 1.49. The topological polar surface area (TPSA) is 124 Å². The molecule has 0 radical (unpaired) electrons. The van der Waals surface area contributed by atoms with Crippen molar-refractivity contribution in [1.82, 2.24) is 0 Å². The molecule has 172 valence electrons. The molecule has 1 aliphatic rings. The summed E-state index contributed by atoms with van der Waals surface area (Å²) in [6, 6.07) is 11.4. The van der Waals surface area contributed by atoms with Crippen LogP contribution in [0.2, 0.25) is 0 Å². The third kappa shape index (κ3) is 5.38. The molecule has 3 rings (SSSR count). The van der Waals surface area contributed by atoms with E-state index in [4.69, 9.17) is 14.3 Å². The Bertz CT molecular complexity index is 1110. The molecular weight excluding hydrogens is 428 g/mol. The van der Waals surface area contributed by atoms with Gasteiger partial charge in [0.1, 0.15) is 6.61 Å². The van der Waals surface area contributed by atoms with Crippen molar-refractivity contribution < 1.29 is 33.8 Å². The molecule has 2 N–H and O–H groups in total. The molecule has 1 heterocycles. The van der Waals surface area contributed by atoms with Gasteiger partial charge < -0.3 is 24.7 Å². The van der Waals surface area contributed by atoms with E-state index in [1.165, 1.54) is 14.0 Å². The zero-order valence-corrected chi connectivity index (χ0v) is 18.3. The van der Waals surface area contributed by atoms with Gasteiger partial charge in [-0.1, -0.05) is 17.8 Å². The third-order valence-electron chi connectivity index (χ3n) is 5.04. The van der Waals surface area contributed by atoms with Crippen LogP contribution in [0.25, 0.3) is 0 Å². The molecule has 1 amide bonds. The number of ether oxygens (including phenoxy) is 2. The van der Waals surface area contributed by atoms with E-state index in [0.29, 0.717) is 40.6 Å². The van der Waals surface area contributed by atoms with E-state index in [2.05, 4.69) is 17.1 Å². The summed E-state index contributed by atoms with van der Waals surface area (Å²) < 4.78 is 10.9. The van der Waals surface area contributed by atoms with Crippen LogP contribution in [-0.2, 0) is 14.4 Å². The fourth-order valence-electron chi connectivity index (χ4n) is 3.32. The molecule has 1 atom stereocenters. The molecule has 0 spiro atoms. The zero-order valence-electron chi connectivity index (χ0n) is 18.3. The molecule has 0 bridgehead atoms. The highest BCUT2D eigenvalue weighted by Gasteiger charge is 2.49. The molecule has 0 saturated heterocycles. The van der Waals surface area contributed by atoms with Gasteiger partial charge in [0, 0.05) is 23.2 Å². The van der Waals surface area contributed by atoms with E-state index in [9.17, 15) is 19.5 Å². The Balaban J connectivity index is 1.81. The lowest BCUT2D eigenvalue weighted by molar-refractivity contribution is -0.152. The van der Waals surface area contributed by atoms with E-state index < -0.39 is 23.9 Å². The quantitative estimate of drug-likeness (QED) is 0.418. The van der Waals surface area contributed by atoms with E-state index >= 15 is 0 Å². The maximum Gasteiger partial charge on any atom is 0.308 e. The molecular formula is C24H24N2O7. The van der Waals surface area contributed by atoms with Gasteiger partial charge in [-0.2, -0.15) is 0 Å². The Morgan fingerprint density at radius 3 is 2.55 bits per heavy atom. The van der Waals surface area contributed by atoms with Crippen molar-refractivity contribution in [2.45, 2.75) is 25.4 Å². The van der Waals surface area contributed by atoms with Crippen LogP contribution in [0.4, 0.5) is 5.69 Å². The number of methoxy groups -OCH3 is 1. The van der Waals surface area contributed by atoms with E-state index in [-0.39, 0.29) is 12.2 Å². The van der Waals surface area contributed by atoms with Gasteiger partial charge in [-0.25, -0.2) is 0 Å². The molecule has 33 heavy (non-hydrogen) atoms. The number of anilines is 1. The van der Waals surface area contributed by atoms with Crippen molar-refractivity contribution in [2.24, 2.45) is 5.16 Å². The van der Waals surface area contributed by atoms with Crippen LogP contribution in [0.5, 0.6) is 11.5 Å². The minimum atomic E-state index is -1.73. The first kappa shape index (κ1) is 23.5. The molecule has 0 unspecified atom stereocenters. The summed E-state index contributed by atoms with van der Waals surface area (Å²) in [4.78, 5) is 41.5. The number of carbonyl (C=O) groups is 3. The molecule has 9 heteroatoms. The summed E-state index contributed by atoms with van der Waals surface area (Å²) in [5.74, 6) is -1.02. The predicted molar refractivity (Wildman–Crippen MR) is 121 cm³/mol. The molecule has 0 saturated carbocycles.